The van der Waals surface area contributed by atoms with E-state index in [-0.39, 0.29) is 28.1 Å². The van der Waals surface area contributed by atoms with Crippen LogP contribution in [-0.4, -0.2) is 22.7 Å². The second kappa shape index (κ2) is 9.05. The summed E-state index contributed by atoms with van der Waals surface area (Å²) in [7, 11) is 0. The number of hydrazine groups is 1. The largest absolute Gasteiger partial charge is 0.422 e. The van der Waals surface area contributed by atoms with Crippen molar-refractivity contribution in [1.29, 1.82) is 0 Å². The van der Waals surface area contributed by atoms with Crippen LogP contribution in [-0.2, 0) is 9.59 Å². The standard InChI is InChI=1S/C23H14BrN3O6/c24-16-8-6-14(7-9-16)23(30)33-20-11-10-18(27(31)32)12-15(20)13-19-21(28)25-26(22(19)29)17-4-2-1-3-5-17/h1-13H,(H,25,28)/b19-13-. The number of nitro groups is 1. The molecule has 3 aromatic rings. The van der Waals surface area contributed by atoms with E-state index in [0.717, 1.165) is 21.6 Å². The van der Waals surface area contributed by atoms with E-state index >= 15 is 0 Å². The van der Waals surface area contributed by atoms with Crippen LogP contribution in [0.15, 0.2) is 82.8 Å². The SMILES string of the molecule is O=C1NN(c2ccccc2)C(=O)/C1=C\c1cc([N+](=O)[O-])ccc1OC(=O)c1ccc(Br)cc1. The van der Waals surface area contributed by atoms with Crippen molar-refractivity contribution in [3.8, 4) is 5.75 Å². The number of ether oxygens (including phenoxy) is 1. The van der Waals surface area contributed by atoms with Gasteiger partial charge in [-0.25, -0.2) is 9.80 Å². The van der Waals surface area contributed by atoms with Gasteiger partial charge < -0.3 is 4.74 Å². The number of anilines is 1. The molecule has 3 aromatic carbocycles. The van der Waals surface area contributed by atoms with E-state index < -0.39 is 22.7 Å². The summed E-state index contributed by atoms with van der Waals surface area (Å²) in [5, 5.41) is 12.3. The Balaban J connectivity index is 1.70. The number of nitrogens with zero attached hydrogens (tertiary/aromatic N) is 2. The molecule has 1 heterocycles. The summed E-state index contributed by atoms with van der Waals surface area (Å²) in [5.74, 6) is -2.09. The van der Waals surface area contributed by atoms with Crippen LogP contribution in [0.1, 0.15) is 15.9 Å². The number of hydrogen-bond acceptors (Lipinski definition) is 6. The molecular formula is C23H14BrN3O6. The Hall–Kier alpha value is -4.31. The van der Waals surface area contributed by atoms with Crippen LogP contribution in [0.2, 0.25) is 0 Å². The molecule has 0 spiro atoms. The minimum absolute atomic E-state index is 0.0306. The van der Waals surface area contributed by atoms with E-state index in [9.17, 15) is 24.5 Å². The first-order valence-corrected chi connectivity index (χ1v) is 10.3. The van der Waals surface area contributed by atoms with Gasteiger partial charge in [0.15, 0.2) is 0 Å². The van der Waals surface area contributed by atoms with Crippen molar-refractivity contribution in [1.82, 2.24) is 5.43 Å². The summed E-state index contributed by atoms with van der Waals surface area (Å²) in [6.07, 6.45) is 1.16. The van der Waals surface area contributed by atoms with E-state index in [1.165, 1.54) is 12.1 Å². The van der Waals surface area contributed by atoms with Crippen molar-refractivity contribution >= 4 is 51.2 Å². The molecule has 0 atom stereocenters. The van der Waals surface area contributed by atoms with Crippen LogP contribution in [0.25, 0.3) is 6.08 Å². The molecule has 0 aliphatic carbocycles. The molecule has 0 aromatic heterocycles. The predicted molar refractivity (Wildman–Crippen MR) is 122 cm³/mol. The molecule has 0 saturated carbocycles. The summed E-state index contributed by atoms with van der Waals surface area (Å²) < 4.78 is 6.19. The number of nitrogens with one attached hydrogen (secondary N) is 1. The Morgan fingerprint density at radius 3 is 2.39 bits per heavy atom. The third kappa shape index (κ3) is 4.65. The number of para-hydroxylation sites is 1. The molecule has 1 fully saturated rings. The highest BCUT2D eigenvalue weighted by atomic mass is 79.9. The number of carbonyl (C=O) groups excluding carboxylic acids is 3. The Morgan fingerprint density at radius 1 is 1.03 bits per heavy atom. The first-order chi connectivity index (χ1) is 15.8. The van der Waals surface area contributed by atoms with Gasteiger partial charge in [0, 0.05) is 22.2 Å². The number of hydrogen-bond donors (Lipinski definition) is 1. The second-order valence-electron chi connectivity index (χ2n) is 6.85. The zero-order chi connectivity index (χ0) is 23.5. The highest BCUT2D eigenvalue weighted by Crippen LogP contribution is 2.29. The van der Waals surface area contributed by atoms with Crippen molar-refractivity contribution in [2.24, 2.45) is 0 Å². The lowest BCUT2D eigenvalue weighted by atomic mass is 10.1. The zero-order valence-electron chi connectivity index (χ0n) is 16.7. The zero-order valence-corrected chi connectivity index (χ0v) is 18.3. The van der Waals surface area contributed by atoms with Crippen LogP contribution in [0.4, 0.5) is 11.4 Å². The fourth-order valence-corrected chi connectivity index (χ4v) is 3.34. The maximum Gasteiger partial charge on any atom is 0.343 e. The summed E-state index contributed by atoms with van der Waals surface area (Å²) in [4.78, 5) is 48.5. The van der Waals surface area contributed by atoms with Gasteiger partial charge in [0.1, 0.15) is 11.3 Å². The number of carbonyl (C=O) groups is 3. The Kier molecular flexibility index (Phi) is 6.01. The number of rotatable bonds is 5. The van der Waals surface area contributed by atoms with Crippen molar-refractivity contribution in [2.75, 3.05) is 5.01 Å². The molecule has 0 unspecified atom stereocenters. The van der Waals surface area contributed by atoms with Gasteiger partial charge in [-0.1, -0.05) is 34.1 Å². The highest BCUT2D eigenvalue weighted by Gasteiger charge is 2.34. The molecule has 10 heteroatoms. The summed E-state index contributed by atoms with van der Waals surface area (Å²) in [6, 6.07) is 18.4. The minimum atomic E-state index is -0.705. The van der Waals surface area contributed by atoms with Gasteiger partial charge in [-0.15, -0.1) is 0 Å². The van der Waals surface area contributed by atoms with Gasteiger partial charge >= 0.3 is 5.97 Å². The van der Waals surface area contributed by atoms with Crippen LogP contribution < -0.4 is 15.2 Å². The van der Waals surface area contributed by atoms with E-state index in [4.69, 9.17) is 4.74 Å². The topological polar surface area (TPSA) is 119 Å². The van der Waals surface area contributed by atoms with E-state index in [0.29, 0.717) is 5.69 Å². The van der Waals surface area contributed by atoms with Gasteiger partial charge in [0.25, 0.3) is 17.5 Å². The van der Waals surface area contributed by atoms with Crippen molar-refractivity contribution in [3.05, 3.63) is 104 Å². The first-order valence-electron chi connectivity index (χ1n) is 9.52. The van der Waals surface area contributed by atoms with E-state index in [1.54, 1.807) is 54.6 Å². The predicted octanol–water partition coefficient (Wildman–Crippen LogP) is 4.04. The lowest BCUT2D eigenvalue weighted by molar-refractivity contribution is -0.384. The lowest BCUT2D eigenvalue weighted by Crippen LogP contribution is -2.35. The fraction of sp³-hybridized carbons (Fsp3) is 0. The van der Waals surface area contributed by atoms with E-state index in [1.807, 2.05) is 0 Å². The lowest BCUT2D eigenvalue weighted by Gasteiger charge is -2.13. The van der Waals surface area contributed by atoms with Crippen molar-refractivity contribution in [3.63, 3.8) is 0 Å². The summed E-state index contributed by atoms with van der Waals surface area (Å²) in [6.45, 7) is 0. The quantitative estimate of drug-likeness (QED) is 0.139. The molecule has 1 N–H and O–H groups in total. The molecule has 1 saturated heterocycles. The van der Waals surface area contributed by atoms with Gasteiger partial charge in [0.05, 0.1) is 16.2 Å². The molecule has 33 heavy (non-hydrogen) atoms. The maximum absolute atomic E-state index is 12.9. The van der Waals surface area contributed by atoms with Gasteiger partial charge in [0.2, 0.25) is 0 Å². The Labute approximate surface area is 195 Å². The van der Waals surface area contributed by atoms with Gasteiger partial charge in [-0.05, 0) is 48.5 Å². The van der Waals surface area contributed by atoms with Gasteiger partial charge in [-0.3, -0.25) is 25.1 Å². The molecule has 0 bridgehead atoms. The number of amides is 2. The first kappa shape index (κ1) is 21.9. The number of benzene rings is 3. The average molecular weight is 508 g/mol. The van der Waals surface area contributed by atoms with E-state index in [2.05, 4.69) is 21.4 Å². The number of esters is 1. The smallest absolute Gasteiger partial charge is 0.343 e. The molecule has 2 amide bonds. The van der Waals surface area contributed by atoms with Crippen LogP contribution >= 0.6 is 15.9 Å². The van der Waals surface area contributed by atoms with Crippen LogP contribution in [0.5, 0.6) is 5.75 Å². The Bertz CT molecular complexity index is 1310. The molecular weight excluding hydrogens is 494 g/mol. The number of nitro benzene ring substituents is 1. The third-order valence-corrected chi connectivity index (χ3v) is 5.22. The third-order valence-electron chi connectivity index (χ3n) is 4.69. The summed E-state index contributed by atoms with van der Waals surface area (Å²) >= 11 is 3.28. The molecule has 164 valence electrons. The molecule has 1 aliphatic heterocycles. The molecule has 9 nitrogen and oxygen atoms in total. The van der Waals surface area contributed by atoms with Crippen molar-refractivity contribution < 1.29 is 24.0 Å². The highest BCUT2D eigenvalue weighted by molar-refractivity contribution is 9.10. The minimum Gasteiger partial charge on any atom is -0.422 e. The molecule has 1 aliphatic rings. The molecule has 4 rings (SSSR count). The number of halogens is 1. The van der Waals surface area contributed by atoms with Crippen LogP contribution in [0, 0.1) is 10.1 Å². The second-order valence-corrected chi connectivity index (χ2v) is 7.77. The monoisotopic (exact) mass is 507 g/mol. The fourth-order valence-electron chi connectivity index (χ4n) is 3.07. The van der Waals surface area contributed by atoms with Crippen LogP contribution in [0.3, 0.4) is 0 Å². The molecule has 0 radical (unpaired) electrons. The normalized spacial score (nSPS) is 14.3. The Morgan fingerprint density at radius 2 is 1.73 bits per heavy atom. The van der Waals surface area contributed by atoms with Gasteiger partial charge in [-0.2, -0.15) is 0 Å². The average Bonchev–Trinajstić information content (AvgIpc) is 3.09. The maximum atomic E-state index is 12.9. The van der Waals surface area contributed by atoms with Crippen molar-refractivity contribution in [2.45, 2.75) is 0 Å². The summed E-state index contributed by atoms with van der Waals surface area (Å²) in [5.41, 5.74) is 2.62. The number of non-ortho nitro benzene ring substituents is 1.